The Morgan fingerprint density at radius 1 is 0.782 bits per heavy atom. The second-order valence-corrected chi connectivity index (χ2v) is 21.1. The van der Waals surface area contributed by atoms with Crippen LogP contribution < -0.4 is 0 Å². The van der Waals surface area contributed by atoms with Gasteiger partial charge >= 0.3 is 0 Å². The summed E-state index contributed by atoms with van der Waals surface area (Å²) in [5.41, 5.74) is -3.11. The molecule has 3 saturated heterocycles. The molecule has 0 amide bonds. The molecule has 7 rings (SSSR count). The first-order chi connectivity index (χ1) is 25.4. The molecule has 7 aliphatic rings. The summed E-state index contributed by atoms with van der Waals surface area (Å²) in [5, 5.41) is 88.4. The molecule has 0 unspecified atom stereocenters. The topological polar surface area (TPSA) is 208 Å². The molecular formula is C42H72O13. The lowest BCUT2D eigenvalue weighted by molar-refractivity contribution is -0.372. The Bertz CT molecular complexity index is 1390. The zero-order valence-corrected chi connectivity index (χ0v) is 34.5. The first-order valence-corrected chi connectivity index (χ1v) is 21.1. The Balaban J connectivity index is 1.25. The van der Waals surface area contributed by atoms with E-state index in [4.69, 9.17) is 23.7 Å². The summed E-state index contributed by atoms with van der Waals surface area (Å²) in [4.78, 5) is 0. The van der Waals surface area contributed by atoms with Crippen LogP contribution in [0.3, 0.4) is 0 Å². The van der Waals surface area contributed by atoms with Crippen molar-refractivity contribution in [1.29, 1.82) is 0 Å². The second kappa shape index (κ2) is 14.3. The van der Waals surface area contributed by atoms with Crippen molar-refractivity contribution in [2.45, 2.75) is 199 Å². The van der Waals surface area contributed by atoms with Crippen molar-refractivity contribution in [1.82, 2.24) is 0 Å². The maximum Gasteiger partial charge on any atom is 0.187 e. The van der Waals surface area contributed by atoms with Gasteiger partial charge in [-0.3, -0.25) is 0 Å². The smallest absolute Gasteiger partial charge is 0.187 e. The van der Waals surface area contributed by atoms with E-state index in [9.17, 15) is 40.9 Å². The van der Waals surface area contributed by atoms with Gasteiger partial charge in [0.05, 0.1) is 61.0 Å². The number of aliphatic hydroxyl groups excluding tert-OH is 7. The minimum Gasteiger partial charge on any atom is -0.394 e. The van der Waals surface area contributed by atoms with Crippen molar-refractivity contribution < 1.29 is 64.5 Å². The normalized spacial score (nSPS) is 56.8. The Kier molecular flexibility index (Phi) is 11.1. The van der Waals surface area contributed by atoms with E-state index in [1.54, 1.807) is 20.8 Å². The molecule has 8 N–H and O–H groups in total. The van der Waals surface area contributed by atoms with Crippen LogP contribution in [0.25, 0.3) is 0 Å². The van der Waals surface area contributed by atoms with Crippen molar-refractivity contribution in [3.05, 3.63) is 0 Å². The highest BCUT2D eigenvalue weighted by atomic mass is 16.8. The van der Waals surface area contributed by atoms with E-state index in [0.29, 0.717) is 19.3 Å². The molecule has 0 radical (unpaired) electrons. The van der Waals surface area contributed by atoms with Crippen molar-refractivity contribution in [2.24, 2.45) is 51.2 Å². The van der Waals surface area contributed by atoms with Gasteiger partial charge in [-0.1, -0.05) is 41.5 Å². The predicted molar refractivity (Wildman–Crippen MR) is 199 cm³/mol. The van der Waals surface area contributed by atoms with Crippen LogP contribution in [-0.4, -0.2) is 139 Å². The molecule has 0 aromatic carbocycles. The molecular weight excluding hydrogens is 712 g/mol. The van der Waals surface area contributed by atoms with Gasteiger partial charge in [0.2, 0.25) is 0 Å². The molecule has 3 aliphatic heterocycles. The second-order valence-electron chi connectivity index (χ2n) is 21.1. The van der Waals surface area contributed by atoms with Crippen molar-refractivity contribution >= 4 is 0 Å². The molecule has 55 heavy (non-hydrogen) atoms. The molecule has 7 fully saturated rings. The zero-order chi connectivity index (χ0) is 40.4. The Labute approximate surface area is 327 Å². The highest BCUT2D eigenvalue weighted by Gasteiger charge is 2.74. The third-order valence-corrected chi connectivity index (χ3v) is 17.4. The average Bonchev–Trinajstić information content (AvgIpc) is 3.70. The molecule has 0 bridgehead atoms. The SMILES string of the molecule is C[C@H]1[C@H](O)[C@@H](O[C@@H]2OC[C@@H](O)[C@H](O)[C@H]2O)[C@H](O[C@H]2C[C@]3(C)[C@H](C[C@@H](O)[C@@H]4[C@@H]([C@]5(C)CC[C@@H](C(C)(C)O)O5)CC[C@]43C)[C@@]3(C)CC[C@H](O)C(C)(C)[C@@H]23)O[C@@H]1CO. The van der Waals surface area contributed by atoms with Crippen LogP contribution in [0, 0.1) is 51.2 Å². The number of fused-ring (bicyclic) bond motifs is 5. The van der Waals surface area contributed by atoms with Crippen molar-refractivity contribution in [3.8, 4) is 0 Å². The van der Waals surface area contributed by atoms with Gasteiger partial charge in [-0.2, -0.15) is 0 Å². The van der Waals surface area contributed by atoms with Crippen LogP contribution in [0.1, 0.15) is 114 Å². The average molecular weight is 785 g/mol. The molecule has 13 heteroatoms. The molecule has 0 spiro atoms. The number of ether oxygens (including phenoxy) is 5. The van der Waals surface area contributed by atoms with Gasteiger partial charge < -0.3 is 64.5 Å². The zero-order valence-electron chi connectivity index (χ0n) is 34.5. The summed E-state index contributed by atoms with van der Waals surface area (Å²) in [6, 6.07) is 0. The van der Waals surface area contributed by atoms with E-state index in [2.05, 4.69) is 41.5 Å². The quantitative estimate of drug-likeness (QED) is 0.175. The summed E-state index contributed by atoms with van der Waals surface area (Å²) in [5.74, 6) is -0.650. The van der Waals surface area contributed by atoms with E-state index in [-0.39, 0.29) is 59.2 Å². The van der Waals surface area contributed by atoms with Crippen LogP contribution in [0.5, 0.6) is 0 Å². The van der Waals surface area contributed by atoms with Gasteiger partial charge in [0.25, 0.3) is 0 Å². The highest BCUT2D eigenvalue weighted by molar-refractivity contribution is 5.22. The third kappa shape index (κ3) is 6.52. The standard InChI is InChI=1S/C42H72O13/c1-20-25(18-43)53-36(33(30(20)47)54-35-32(49)31(48)23(45)19-51-35)52-24-17-41(8)26(39(6)13-11-27(46)37(2,3)34(24)39)16-22(44)29-21(10-14-40(29,41)7)42(9)15-12-28(55-42)38(4,5)50/h20-36,43-50H,10-19H2,1-9H3/t20-,21+,22-,23-,24+,25-,26-,27+,28+,29+,30+,31+,32-,33-,34-,35+,36-,39-,40-,41-,42+/m1/s1. The first kappa shape index (κ1) is 42.6. The van der Waals surface area contributed by atoms with E-state index >= 15 is 0 Å². The molecule has 3 heterocycles. The minimum atomic E-state index is -1.60. The summed E-state index contributed by atoms with van der Waals surface area (Å²) in [6.07, 6.45) is -6.27. The number of hydrogen-bond donors (Lipinski definition) is 8. The van der Waals surface area contributed by atoms with Crippen molar-refractivity contribution in [3.63, 3.8) is 0 Å². The van der Waals surface area contributed by atoms with Gasteiger partial charge in [-0.15, -0.1) is 0 Å². The maximum absolute atomic E-state index is 12.4. The minimum absolute atomic E-state index is 0.0579. The lowest BCUT2D eigenvalue weighted by Crippen LogP contribution is -2.71. The number of rotatable bonds is 7. The lowest BCUT2D eigenvalue weighted by Gasteiger charge is -2.72. The van der Waals surface area contributed by atoms with Crippen LogP contribution in [-0.2, 0) is 23.7 Å². The molecule has 318 valence electrons. The summed E-state index contributed by atoms with van der Waals surface area (Å²) in [6.45, 7) is 18.1. The highest BCUT2D eigenvalue weighted by Crippen LogP contribution is 2.76. The number of aliphatic hydroxyl groups is 8. The van der Waals surface area contributed by atoms with Crippen molar-refractivity contribution in [2.75, 3.05) is 13.2 Å². The third-order valence-electron chi connectivity index (χ3n) is 17.4. The van der Waals surface area contributed by atoms with E-state index in [1.165, 1.54) is 0 Å². The molecule has 4 aliphatic carbocycles. The lowest BCUT2D eigenvalue weighted by atomic mass is 9.34. The van der Waals surface area contributed by atoms with Crippen LogP contribution in [0.15, 0.2) is 0 Å². The molecule has 0 aromatic rings. The van der Waals surface area contributed by atoms with Gasteiger partial charge in [-0.05, 0) is 117 Å². The summed E-state index contributed by atoms with van der Waals surface area (Å²) < 4.78 is 32.2. The van der Waals surface area contributed by atoms with Gasteiger partial charge in [-0.25, -0.2) is 0 Å². The van der Waals surface area contributed by atoms with Crippen LogP contribution >= 0.6 is 0 Å². The van der Waals surface area contributed by atoms with Crippen LogP contribution in [0.2, 0.25) is 0 Å². The van der Waals surface area contributed by atoms with Gasteiger partial charge in [0.15, 0.2) is 12.6 Å². The van der Waals surface area contributed by atoms with Gasteiger partial charge in [0, 0.05) is 5.92 Å². The fourth-order valence-corrected chi connectivity index (χ4v) is 14.1. The summed E-state index contributed by atoms with van der Waals surface area (Å²) >= 11 is 0. The largest absolute Gasteiger partial charge is 0.394 e. The fourth-order valence-electron chi connectivity index (χ4n) is 14.1. The molecule has 13 nitrogen and oxygen atoms in total. The predicted octanol–water partition coefficient (Wildman–Crippen LogP) is 2.25. The Hall–Kier alpha value is -0.520. The Morgan fingerprint density at radius 2 is 1.47 bits per heavy atom. The molecule has 21 atom stereocenters. The first-order valence-electron chi connectivity index (χ1n) is 21.1. The van der Waals surface area contributed by atoms with E-state index in [0.717, 1.165) is 32.1 Å². The Morgan fingerprint density at radius 3 is 2.11 bits per heavy atom. The monoisotopic (exact) mass is 784 g/mol. The van der Waals surface area contributed by atoms with E-state index in [1.807, 2.05) is 0 Å². The summed E-state index contributed by atoms with van der Waals surface area (Å²) in [7, 11) is 0. The number of hydrogen-bond acceptors (Lipinski definition) is 13. The maximum atomic E-state index is 12.4. The van der Waals surface area contributed by atoms with Gasteiger partial charge in [0.1, 0.15) is 24.4 Å². The fraction of sp³-hybridized carbons (Fsp3) is 1.00. The van der Waals surface area contributed by atoms with Crippen LogP contribution in [0.4, 0.5) is 0 Å². The molecule has 0 aromatic heterocycles. The van der Waals surface area contributed by atoms with E-state index < -0.39 is 90.1 Å². The molecule has 4 saturated carbocycles.